The first-order valence-corrected chi connectivity index (χ1v) is 5.96. The number of nitrogens with one attached hydrogen (secondary N) is 2. The Balaban J connectivity index is 2.12. The molecule has 1 aliphatic heterocycles. The number of aromatic amines is 1. The Kier molecular flexibility index (Phi) is 2.68. The smallest absolute Gasteiger partial charge is 0.272 e. The van der Waals surface area contributed by atoms with E-state index in [1.54, 1.807) is 6.07 Å². The van der Waals surface area contributed by atoms with Crippen LogP contribution >= 0.6 is 0 Å². The molecule has 3 rings (SSSR count). The van der Waals surface area contributed by atoms with Gasteiger partial charge in [0.15, 0.2) is 0 Å². The van der Waals surface area contributed by atoms with Gasteiger partial charge in [0.1, 0.15) is 5.69 Å². The van der Waals surface area contributed by atoms with Gasteiger partial charge in [0.05, 0.1) is 24.4 Å². The number of para-hydroxylation sites is 1. The molecule has 2 heterocycles. The van der Waals surface area contributed by atoms with E-state index in [0.29, 0.717) is 30.1 Å². The first-order valence-electron chi connectivity index (χ1n) is 5.96. The second kappa shape index (κ2) is 4.34. The van der Waals surface area contributed by atoms with Crippen LogP contribution in [0.25, 0.3) is 10.9 Å². The van der Waals surface area contributed by atoms with Crippen LogP contribution in [0.3, 0.4) is 0 Å². The molecule has 5 heteroatoms. The van der Waals surface area contributed by atoms with Crippen LogP contribution in [0.15, 0.2) is 29.1 Å². The van der Waals surface area contributed by atoms with Gasteiger partial charge in [0.2, 0.25) is 0 Å². The second-order valence-electron chi connectivity index (χ2n) is 4.35. The monoisotopic (exact) mass is 244 g/mol. The van der Waals surface area contributed by atoms with Crippen molar-refractivity contribution >= 4 is 22.3 Å². The van der Waals surface area contributed by atoms with Crippen molar-refractivity contribution in [3.8, 4) is 0 Å². The van der Waals surface area contributed by atoms with E-state index in [0.717, 1.165) is 18.5 Å². The summed E-state index contributed by atoms with van der Waals surface area (Å²) in [5.41, 5.74) is 9.24. The molecule has 0 unspecified atom stereocenters. The van der Waals surface area contributed by atoms with E-state index < -0.39 is 0 Å². The van der Waals surface area contributed by atoms with Gasteiger partial charge in [-0.05, 0) is 12.1 Å². The number of ether oxygens (including phenoxy) is 1. The predicted octanol–water partition coefficient (Wildman–Crippen LogP) is 1.28. The largest absolute Gasteiger partial charge is 0.378 e. The van der Waals surface area contributed by atoms with E-state index in [9.17, 15) is 4.79 Å². The Bertz CT molecular complexity index is 630. The summed E-state index contributed by atoms with van der Waals surface area (Å²) in [6, 6.07) is 7.27. The van der Waals surface area contributed by atoms with Crippen molar-refractivity contribution in [3.63, 3.8) is 0 Å². The Morgan fingerprint density at radius 1 is 1.28 bits per heavy atom. The molecule has 93 valence electrons. The van der Waals surface area contributed by atoms with Crippen molar-refractivity contribution in [1.29, 1.82) is 0 Å². The molecule has 0 saturated carbocycles. The number of hydrogen-bond donors (Lipinski definition) is 1. The molecule has 0 bridgehead atoms. The zero-order valence-electron chi connectivity index (χ0n) is 9.90. The Morgan fingerprint density at radius 2 is 2.06 bits per heavy atom. The van der Waals surface area contributed by atoms with E-state index >= 15 is 0 Å². The lowest BCUT2D eigenvalue weighted by Crippen LogP contribution is -2.39. The number of pyridine rings is 1. The van der Waals surface area contributed by atoms with Crippen molar-refractivity contribution in [2.45, 2.75) is 0 Å². The summed E-state index contributed by atoms with van der Waals surface area (Å²) in [7, 11) is 0. The fraction of sp³-hybridized carbons (Fsp3) is 0.308. The lowest BCUT2D eigenvalue weighted by Gasteiger charge is -2.28. The van der Waals surface area contributed by atoms with Crippen molar-refractivity contribution in [3.05, 3.63) is 34.6 Å². The predicted molar refractivity (Wildman–Crippen MR) is 70.4 cm³/mol. The number of H-pyrrole nitrogens is 1. The first-order chi connectivity index (χ1) is 8.75. The van der Waals surface area contributed by atoms with Gasteiger partial charge in [-0.3, -0.25) is 10.5 Å². The number of morpholine rings is 1. The maximum Gasteiger partial charge on any atom is 0.272 e. The quantitative estimate of drug-likeness (QED) is 0.821. The van der Waals surface area contributed by atoms with Gasteiger partial charge in [-0.25, -0.2) is 0 Å². The van der Waals surface area contributed by atoms with E-state index in [2.05, 4.69) is 4.98 Å². The molecule has 5 nitrogen and oxygen atoms in total. The van der Waals surface area contributed by atoms with Gasteiger partial charge < -0.3 is 14.6 Å². The zero-order chi connectivity index (χ0) is 12.5. The molecule has 1 aromatic carbocycles. The van der Waals surface area contributed by atoms with Crippen LogP contribution in [0.1, 0.15) is 0 Å². The highest BCUT2D eigenvalue weighted by atomic mass is 16.5. The van der Waals surface area contributed by atoms with E-state index in [-0.39, 0.29) is 5.56 Å². The fourth-order valence-corrected chi connectivity index (χ4v) is 2.26. The maximum absolute atomic E-state index is 12.1. The van der Waals surface area contributed by atoms with E-state index in [4.69, 9.17) is 10.5 Å². The second-order valence-corrected chi connectivity index (χ2v) is 4.35. The number of hydrogen-bond acceptors (Lipinski definition) is 3. The van der Waals surface area contributed by atoms with Gasteiger partial charge in [-0.2, -0.15) is 0 Å². The molecule has 0 atom stereocenters. The summed E-state index contributed by atoms with van der Waals surface area (Å²) >= 11 is 0. The Labute approximate surface area is 104 Å². The van der Waals surface area contributed by atoms with Crippen molar-refractivity contribution in [2.24, 2.45) is 0 Å². The fourth-order valence-electron chi connectivity index (χ4n) is 2.26. The summed E-state index contributed by atoms with van der Waals surface area (Å²) in [4.78, 5) is 16.9. The van der Waals surface area contributed by atoms with Gasteiger partial charge >= 0.3 is 0 Å². The van der Waals surface area contributed by atoms with Crippen LogP contribution in [-0.2, 0) is 4.74 Å². The highest BCUT2D eigenvalue weighted by molar-refractivity contribution is 5.90. The standard InChI is InChI=1S/C13H14N3O2/c14-10-3-1-2-9-8-11(13(17)15-12(9)10)16-4-6-18-7-5-16/h1-3,8,14H,4-7H2,(H,15,17). The third-order valence-corrected chi connectivity index (χ3v) is 3.21. The molecule has 1 aromatic heterocycles. The van der Waals surface area contributed by atoms with E-state index in [1.807, 2.05) is 23.1 Å². The SMILES string of the molecule is [NH]c1cccc2cc(N3CCOCC3)c(=O)[nH]c12. The van der Waals surface area contributed by atoms with Crippen LogP contribution < -0.4 is 16.2 Å². The molecule has 1 aliphatic rings. The summed E-state index contributed by atoms with van der Waals surface area (Å²) < 4.78 is 5.28. The summed E-state index contributed by atoms with van der Waals surface area (Å²) in [6.45, 7) is 2.76. The number of fused-ring (bicyclic) bond motifs is 1. The number of anilines is 1. The van der Waals surface area contributed by atoms with Crippen LogP contribution in [0, 0.1) is 0 Å². The van der Waals surface area contributed by atoms with Gasteiger partial charge in [0, 0.05) is 18.5 Å². The van der Waals surface area contributed by atoms with E-state index in [1.165, 1.54) is 0 Å². The molecular formula is C13H14N3O2. The average Bonchev–Trinajstić information content (AvgIpc) is 2.40. The molecule has 0 spiro atoms. The molecule has 18 heavy (non-hydrogen) atoms. The number of nitrogens with zero attached hydrogens (tertiary/aromatic N) is 1. The lowest BCUT2D eigenvalue weighted by molar-refractivity contribution is 0.122. The molecule has 2 N–H and O–H groups in total. The number of benzene rings is 1. The van der Waals surface area contributed by atoms with Crippen LogP contribution in [0.5, 0.6) is 0 Å². The molecule has 2 aromatic rings. The highest BCUT2D eigenvalue weighted by Gasteiger charge is 2.15. The maximum atomic E-state index is 12.1. The summed E-state index contributed by atoms with van der Waals surface area (Å²) in [6.07, 6.45) is 0. The van der Waals surface area contributed by atoms with Crippen LogP contribution in [-0.4, -0.2) is 31.3 Å². The third-order valence-electron chi connectivity index (χ3n) is 3.21. The molecule has 1 fully saturated rings. The number of rotatable bonds is 1. The normalized spacial score (nSPS) is 16.1. The zero-order valence-corrected chi connectivity index (χ0v) is 9.90. The minimum Gasteiger partial charge on any atom is -0.378 e. The Hall–Kier alpha value is -2.01. The topological polar surface area (TPSA) is 69.1 Å². The van der Waals surface area contributed by atoms with Crippen molar-refractivity contribution in [1.82, 2.24) is 10.7 Å². The summed E-state index contributed by atoms with van der Waals surface area (Å²) in [5.74, 6) is 0. The number of aromatic nitrogens is 1. The molecule has 1 radical (unpaired) electrons. The van der Waals surface area contributed by atoms with Gasteiger partial charge in [0.25, 0.3) is 5.56 Å². The molecule has 1 saturated heterocycles. The minimum absolute atomic E-state index is 0.135. The van der Waals surface area contributed by atoms with Gasteiger partial charge in [-0.1, -0.05) is 12.1 Å². The minimum atomic E-state index is -0.135. The lowest BCUT2D eigenvalue weighted by atomic mass is 10.1. The van der Waals surface area contributed by atoms with Crippen molar-refractivity contribution in [2.75, 3.05) is 31.2 Å². The highest BCUT2D eigenvalue weighted by Crippen LogP contribution is 2.22. The molecule has 0 aliphatic carbocycles. The van der Waals surface area contributed by atoms with Gasteiger partial charge in [-0.15, -0.1) is 0 Å². The van der Waals surface area contributed by atoms with Crippen LogP contribution in [0.4, 0.5) is 11.4 Å². The van der Waals surface area contributed by atoms with Crippen molar-refractivity contribution < 1.29 is 4.74 Å². The Morgan fingerprint density at radius 3 is 2.83 bits per heavy atom. The van der Waals surface area contributed by atoms with Crippen LogP contribution in [0.2, 0.25) is 0 Å². The molecule has 0 amide bonds. The first kappa shape index (κ1) is 11.1. The molecular weight excluding hydrogens is 230 g/mol. The summed E-state index contributed by atoms with van der Waals surface area (Å²) in [5, 5.41) is 0.892. The third kappa shape index (κ3) is 1.82. The average molecular weight is 244 g/mol.